The highest BCUT2D eigenvalue weighted by Crippen LogP contribution is 2.38. The van der Waals surface area contributed by atoms with Crippen LogP contribution in [0.5, 0.6) is 0 Å². The number of anilines is 1. The van der Waals surface area contributed by atoms with Crippen LogP contribution in [0.25, 0.3) is 0 Å². The minimum Gasteiger partial charge on any atom is -0.311 e. The van der Waals surface area contributed by atoms with Gasteiger partial charge >= 0.3 is 0 Å². The van der Waals surface area contributed by atoms with Crippen LogP contribution in [0.4, 0.5) is 5.69 Å². The van der Waals surface area contributed by atoms with Crippen molar-refractivity contribution in [2.45, 2.75) is 37.6 Å². The molecule has 0 spiro atoms. The Bertz CT molecular complexity index is 521. The van der Waals surface area contributed by atoms with Gasteiger partial charge in [0.25, 0.3) is 5.91 Å². The number of benzene rings is 1. The second kappa shape index (κ2) is 5.77. The van der Waals surface area contributed by atoms with Crippen LogP contribution in [-0.4, -0.2) is 23.7 Å². The molecule has 4 nitrogen and oxygen atoms in total. The smallest absolute Gasteiger partial charge is 0.258 e. The third-order valence-corrected chi connectivity index (χ3v) is 4.14. The Balaban J connectivity index is 1.68. The summed E-state index contributed by atoms with van der Waals surface area (Å²) < 4.78 is 0. The highest BCUT2D eigenvalue weighted by atomic mass is 16.5. The lowest BCUT2D eigenvalue weighted by molar-refractivity contribution is -0.124. The Hall–Kier alpha value is -1.65. The number of amides is 1. The number of hydrogen-bond donors (Lipinski definition) is 2. The normalized spacial score (nSPS) is 26.2. The predicted molar refractivity (Wildman–Crippen MR) is 77.9 cm³/mol. The monoisotopic (exact) mass is 272 g/mol. The van der Waals surface area contributed by atoms with Crippen molar-refractivity contribution in [2.24, 2.45) is 0 Å². The van der Waals surface area contributed by atoms with E-state index in [4.69, 9.17) is 0 Å². The molecule has 106 valence electrons. The molecule has 2 aliphatic heterocycles. The zero-order valence-corrected chi connectivity index (χ0v) is 11.5. The predicted octanol–water partition coefficient (Wildman–Crippen LogP) is 2.59. The Labute approximate surface area is 119 Å². The lowest BCUT2D eigenvalue weighted by atomic mass is 9.96. The number of piperidine rings is 1. The SMILES string of the molecule is O=C1C(CC=CC2CCCCN2)c2ccccc2N1O. The summed E-state index contributed by atoms with van der Waals surface area (Å²) in [7, 11) is 0. The molecule has 2 aliphatic rings. The van der Waals surface area contributed by atoms with Gasteiger partial charge in [-0.25, -0.2) is 0 Å². The topological polar surface area (TPSA) is 52.6 Å². The first-order chi connectivity index (χ1) is 9.77. The van der Waals surface area contributed by atoms with Crippen molar-refractivity contribution in [1.29, 1.82) is 0 Å². The van der Waals surface area contributed by atoms with Gasteiger partial charge in [0.1, 0.15) is 0 Å². The quantitative estimate of drug-likeness (QED) is 0.657. The summed E-state index contributed by atoms with van der Waals surface area (Å²) in [6.45, 7) is 1.07. The molecular weight excluding hydrogens is 252 g/mol. The van der Waals surface area contributed by atoms with E-state index >= 15 is 0 Å². The first kappa shape index (κ1) is 13.3. The van der Waals surface area contributed by atoms with Gasteiger partial charge in [-0.2, -0.15) is 5.06 Å². The van der Waals surface area contributed by atoms with Crippen molar-refractivity contribution < 1.29 is 10.0 Å². The van der Waals surface area contributed by atoms with Gasteiger partial charge in [-0.1, -0.05) is 36.8 Å². The molecule has 2 heterocycles. The first-order valence-corrected chi connectivity index (χ1v) is 7.29. The fourth-order valence-electron chi connectivity index (χ4n) is 3.02. The highest BCUT2D eigenvalue weighted by Gasteiger charge is 2.35. The van der Waals surface area contributed by atoms with Crippen LogP contribution in [0.2, 0.25) is 0 Å². The standard InChI is InChI=1S/C16H20N2O2/c19-16-14(9-5-7-12-6-3-4-11-17-12)13-8-1-2-10-15(13)18(16)20/h1-2,5,7-8,10,12,14,17,20H,3-4,6,9,11H2. The number of nitrogens with zero attached hydrogens (tertiary/aromatic N) is 1. The molecule has 1 amide bonds. The maximum Gasteiger partial charge on any atom is 0.258 e. The van der Waals surface area contributed by atoms with E-state index in [0.717, 1.165) is 23.6 Å². The average molecular weight is 272 g/mol. The van der Waals surface area contributed by atoms with Crippen LogP contribution in [0, 0.1) is 0 Å². The fourth-order valence-corrected chi connectivity index (χ4v) is 3.02. The Kier molecular flexibility index (Phi) is 3.85. The molecule has 0 saturated carbocycles. The van der Waals surface area contributed by atoms with Gasteiger partial charge in [0, 0.05) is 6.04 Å². The zero-order valence-electron chi connectivity index (χ0n) is 11.5. The van der Waals surface area contributed by atoms with Crippen LogP contribution in [0.1, 0.15) is 37.2 Å². The number of hydrogen-bond acceptors (Lipinski definition) is 3. The summed E-state index contributed by atoms with van der Waals surface area (Å²) in [4.78, 5) is 12.1. The summed E-state index contributed by atoms with van der Waals surface area (Å²) in [6.07, 6.45) is 8.55. The van der Waals surface area contributed by atoms with Crippen LogP contribution < -0.4 is 10.4 Å². The first-order valence-electron chi connectivity index (χ1n) is 7.29. The second-order valence-electron chi connectivity index (χ2n) is 5.48. The summed E-state index contributed by atoms with van der Waals surface area (Å²) in [5.74, 6) is -0.483. The molecular formula is C16H20N2O2. The molecule has 0 aromatic heterocycles. The van der Waals surface area contributed by atoms with E-state index < -0.39 is 0 Å². The van der Waals surface area contributed by atoms with Crippen molar-refractivity contribution >= 4 is 11.6 Å². The van der Waals surface area contributed by atoms with E-state index in [-0.39, 0.29) is 11.8 Å². The Morgan fingerprint density at radius 2 is 2.20 bits per heavy atom. The summed E-state index contributed by atoms with van der Waals surface area (Å²) >= 11 is 0. The molecule has 0 radical (unpaired) electrons. The van der Waals surface area contributed by atoms with Gasteiger partial charge in [0.05, 0.1) is 11.6 Å². The molecule has 2 atom stereocenters. The number of fused-ring (bicyclic) bond motifs is 1. The van der Waals surface area contributed by atoms with E-state index in [1.807, 2.05) is 18.2 Å². The fraction of sp³-hybridized carbons (Fsp3) is 0.438. The molecule has 0 bridgehead atoms. The second-order valence-corrected chi connectivity index (χ2v) is 5.48. The average Bonchev–Trinajstić information content (AvgIpc) is 2.74. The zero-order chi connectivity index (χ0) is 13.9. The third kappa shape index (κ3) is 2.49. The van der Waals surface area contributed by atoms with E-state index in [0.29, 0.717) is 18.2 Å². The summed E-state index contributed by atoms with van der Waals surface area (Å²) in [5, 5.41) is 14.1. The Morgan fingerprint density at radius 1 is 1.35 bits per heavy atom. The molecule has 2 N–H and O–H groups in total. The van der Waals surface area contributed by atoms with Gasteiger partial charge in [-0.3, -0.25) is 10.0 Å². The summed E-state index contributed by atoms with van der Waals surface area (Å²) in [5.41, 5.74) is 1.54. The maximum atomic E-state index is 12.1. The lowest BCUT2D eigenvalue weighted by Crippen LogP contribution is -2.32. The number of rotatable bonds is 3. The minimum absolute atomic E-state index is 0.229. The van der Waals surface area contributed by atoms with E-state index in [1.165, 1.54) is 12.8 Å². The van der Waals surface area contributed by atoms with Crippen molar-refractivity contribution in [3.63, 3.8) is 0 Å². The van der Waals surface area contributed by atoms with Gasteiger partial charge in [0.2, 0.25) is 0 Å². The van der Waals surface area contributed by atoms with Crippen LogP contribution >= 0.6 is 0 Å². The van der Waals surface area contributed by atoms with Crippen LogP contribution in [0.15, 0.2) is 36.4 Å². The van der Waals surface area contributed by atoms with Crippen molar-refractivity contribution in [1.82, 2.24) is 5.32 Å². The third-order valence-electron chi connectivity index (χ3n) is 4.14. The van der Waals surface area contributed by atoms with Gasteiger partial charge < -0.3 is 5.32 Å². The van der Waals surface area contributed by atoms with Gasteiger partial charge in [0.15, 0.2) is 0 Å². The molecule has 1 aromatic carbocycles. The number of nitrogens with one attached hydrogen (secondary N) is 1. The highest BCUT2D eigenvalue weighted by molar-refractivity contribution is 6.03. The molecule has 20 heavy (non-hydrogen) atoms. The molecule has 1 saturated heterocycles. The molecule has 4 heteroatoms. The van der Waals surface area contributed by atoms with E-state index in [9.17, 15) is 10.0 Å². The molecule has 3 rings (SSSR count). The van der Waals surface area contributed by atoms with Crippen molar-refractivity contribution in [3.05, 3.63) is 42.0 Å². The number of allylic oxidation sites excluding steroid dienone is 1. The molecule has 0 aliphatic carbocycles. The lowest BCUT2D eigenvalue weighted by Gasteiger charge is -2.20. The largest absolute Gasteiger partial charge is 0.311 e. The summed E-state index contributed by atoms with van der Waals surface area (Å²) in [6, 6.07) is 7.87. The minimum atomic E-state index is -0.254. The van der Waals surface area contributed by atoms with E-state index in [2.05, 4.69) is 17.5 Å². The maximum absolute atomic E-state index is 12.1. The van der Waals surface area contributed by atoms with Crippen molar-refractivity contribution in [3.8, 4) is 0 Å². The molecule has 1 aromatic rings. The van der Waals surface area contributed by atoms with Crippen LogP contribution in [0.3, 0.4) is 0 Å². The van der Waals surface area contributed by atoms with Crippen LogP contribution in [-0.2, 0) is 4.79 Å². The number of carbonyl (C=O) groups is 1. The number of carbonyl (C=O) groups excluding carboxylic acids is 1. The number of para-hydroxylation sites is 1. The molecule has 1 fully saturated rings. The van der Waals surface area contributed by atoms with E-state index in [1.54, 1.807) is 6.07 Å². The van der Waals surface area contributed by atoms with Crippen molar-refractivity contribution in [2.75, 3.05) is 11.6 Å². The Morgan fingerprint density at radius 3 is 3.00 bits per heavy atom. The number of hydroxylamine groups is 1. The van der Waals surface area contributed by atoms with Gasteiger partial charge in [-0.05, 0) is 37.4 Å². The molecule has 2 unspecified atom stereocenters. The van der Waals surface area contributed by atoms with Gasteiger partial charge in [-0.15, -0.1) is 0 Å².